The Kier molecular flexibility index (Phi) is 6.68. The molecule has 130 valence electrons. The lowest BCUT2D eigenvalue weighted by Crippen LogP contribution is -2.33. The number of carbonyl (C=O) groups excluding carboxylic acids is 1. The standard InChI is InChI=1S/C20H39NO/c1-9-21(10-2)12-11-15-13-16(15)18(22)17(20(6,7)8)14-19(3,4)5/h15-17H,9-14H2,1-8H3/t15-,16?,17?/m0/s1. The Morgan fingerprint density at radius 3 is 2.05 bits per heavy atom. The summed E-state index contributed by atoms with van der Waals surface area (Å²) in [5.41, 5.74) is 0.301. The van der Waals surface area contributed by atoms with Gasteiger partial charge in [-0.2, -0.15) is 0 Å². The van der Waals surface area contributed by atoms with Crippen LogP contribution in [0, 0.1) is 28.6 Å². The molecule has 0 saturated heterocycles. The minimum atomic E-state index is 0.0797. The number of Topliss-reactive ketones (excluding diaryl/α,β-unsaturated/α-hetero) is 1. The van der Waals surface area contributed by atoms with Crippen LogP contribution in [-0.2, 0) is 4.79 Å². The van der Waals surface area contributed by atoms with Crippen LogP contribution in [-0.4, -0.2) is 30.3 Å². The lowest BCUT2D eigenvalue weighted by atomic mass is 9.69. The quantitative estimate of drug-likeness (QED) is 0.627. The molecule has 2 nitrogen and oxygen atoms in total. The lowest BCUT2D eigenvalue weighted by Gasteiger charge is -2.34. The van der Waals surface area contributed by atoms with E-state index in [1.54, 1.807) is 0 Å². The largest absolute Gasteiger partial charge is 0.304 e. The molecule has 0 aromatic rings. The molecule has 1 aliphatic carbocycles. The molecule has 0 aliphatic heterocycles. The van der Waals surface area contributed by atoms with Gasteiger partial charge in [-0.1, -0.05) is 55.4 Å². The average molecular weight is 310 g/mol. The molecule has 0 bridgehead atoms. The molecule has 0 N–H and O–H groups in total. The number of nitrogens with zero attached hydrogens (tertiary/aromatic N) is 1. The van der Waals surface area contributed by atoms with Crippen LogP contribution in [0.25, 0.3) is 0 Å². The molecule has 1 rings (SSSR count). The van der Waals surface area contributed by atoms with E-state index in [0.717, 1.165) is 32.5 Å². The molecule has 2 unspecified atom stereocenters. The molecular formula is C20H39NO. The SMILES string of the molecule is CCN(CC)CC[C@H]1CC1C(=O)C(CC(C)(C)C)C(C)(C)C. The Bertz CT molecular complexity index is 357. The first-order valence-corrected chi connectivity index (χ1v) is 9.25. The van der Waals surface area contributed by atoms with Gasteiger partial charge in [-0.3, -0.25) is 4.79 Å². The van der Waals surface area contributed by atoms with Gasteiger partial charge in [0, 0.05) is 11.8 Å². The van der Waals surface area contributed by atoms with E-state index in [-0.39, 0.29) is 16.7 Å². The number of hydrogen-bond acceptors (Lipinski definition) is 2. The summed E-state index contributed by atoms with van der Waals surface area (Å²) in [5.74, 6) is 1.75. The van der Waals surface area contributed by atoms with Crippen molar-refractivity contribution in [3.05, 3.63) is 0 Å². The average Bonchev–Trinajstić information content (AvgIpc) is 3.14. The van der Waals surface area contributed by atoms with Gasteiger partial charge < -0.3 is 4.90 Å². The van der Waals surface area contributed by atoms with Crippen molar-refractivity contribution in [3.8, 4) is 0 Å². The summed E-state index contributed by atoms with van der Waals surface area (Å²) < 4.78 is 0. The first kappa shape index (κ1) is 19.7. The van der Waals surface area contributed by atoms with Crippen molar-refractivity contribution < 1.29 is 4.79 Å². The summed E-state index contributed by atoms with van der Waals surface area (Å²) in [6.45, 7) is 21.3. The fourth-order valence-electron chi connectivity index (χ4n) is 3.51. The third-order valence-corrected chi connectivity index (χ3v) is 5.20. The Hall–Kier alpha value is -0.370. The Balaban J connectivity index is 2.59. The second-order valence-electron chi connectivity index (χ2n) is 9.50. The smallest absolute Gasteiger partial charge is 0.139 e. The molecule has 0 aromatic heterocycles. The van der Waals surface area contributed by atoms with E-state index < -0.39 is 0 Å². The van der Waals surface area contributed by atoms with Crippen molar-refractivity contribution in [3.63, 3.8) is 0 Å². The van der Waals surface area contributed by atoms with Gasteiger partial charge in [0.15, 0.2) is 0 Å². The van der Waals surface area contributed by atoms with E-state index in [2.05, 4.69) is 60.3 Å². The topological polar surface area (TPSA) is 20.3 Å². The zero-order valence-corrected chi connectivity index (χ0v) is 16.3. The van der Waals surface area contributed by atoms with Crippen LogP contribution in [0.3, 0.4) is 0 Å². The maximum atomic E-state index is 13.0. The minimum Gasteiger partial charge on any atom is -0.304 e. The van der Waals surface area contributed by atoms with E-state index >= 15 is 0 Å². The normalized spacial score (nSPS) is 23.7. The molecular weight excluding hydrogens is 270 g/mol. The second kappa shape index (κ2) is 7.47. The van der Waals surface area contributed by atoms with E-state index in [1.807, 2.05) is 0 Å². The zero-order valence-electron chi connectivity index (χ0n) is 16.3. The monoisotopic (exact) mass is 309 g/mol. The first-order chi connectivity index (χ1) is 9.99. The molecule has 0 amide bonds. The third kappa shape index (κ3) is 6.02. The molecule has 1 fully saturated rings. The highest BCUT2D eigenvalue weighted by molar-refractivity contribution is 5.86. The summed E-state index contributed by atoms with van der Waals surface area (Å²) in [7, 11) is 0. The molecule has 0 aromatic carbocycles. The Morgan fingerprint density at radius 2 is 1.64 bits per heavy atom. The van der Waals surface area contributed by atoms with Gasteiger partial charge in [0.1, 0.15) is 5.78 Å². The second-order valence-corrected chi connectivity index (χ2v) is 9.50. The van der Waals surface area contributed by atoms with Gasteiger partial charge in [0.05, 0.1) is 0 Å². The Morgan fingerprint density at radius 1 is 1.09 bits per heavy atom. The Labute approximate surface area is 139 Å². The van der Waals surface area contributed by atoms with Crippen LogP contribution < -0.4 is 0 Å². The van der Waals surface area contributed by atoms with E-state index in [1.165, 1.54) is 6.42 Å². The van der Waals surface area contributed by atoms with E-state index in [9.17, 15) is 4.79 Å². The number of ketones is 1. The van der Waals surface area contributed by atoms with Gasteiger partial charge in [0.2, 0.25) is 0 Å². The van der Waals surface area contributed by atoms with Crippen molar-refractivity contribution in [1.82, 2.24) is 4.90 Å². The molecule has 1 aliphatic rings. The van der Waals surface area contributed by atoms with Crippen molar-refractivity contribution in [2.45, 2.75) is 74.7 Å². The molecule has 2 heteroatoms. The lowest BCUT2D eigenvalue weighted by molar-refractivity contribution is -0.129. The van der Waals surface area contributed by atoms with Gasteiger partial charge in [-0.15, -0.1) is 0 Å². The van der Waals surface area contributed by atoms with Gasteiger partial charge in [-0.05, 0) is 55.6 Å². The number of hydrogen-bond donors (Lipinski definition) is 0. The maximum absolute atomic E-state index is 13.0. The maximum Gasteiger partial charge on any atom is 0.139 e. The summed E-state index contributed by atoms with van der Waals surface area (Å²) >= 11 is 0. The van der Waals surface area contributed by atoms with Gasteiger partial charge >= 0.3 is 0 Å². The highest BCUT2D eigenvalue weighted by Gasteiger charge is 2.47. The van der Waals surface area contributed by atoms with Crippen LogP contribution >= 0.6 is 0 Å². The predicted octanol–water partition coefficient (Wildman–Crippen LogP) is 5.02. The third-order valence-electron chi connectivity index (χ3n) is 5.20. The first-order valence-electron chi connectivity index (χ1n) is 9.25. The van der Waals surface area contributed by atoms with Crippen LogP contribution in [0.2, 0.25) is 0 Å². The van der Waals surface area contributed by atoms with Crippen molar-refractivity contribution in [1.29, 1.82) is 0 Å². The van der Waals surface area contributed by atoms with Crippen LogP contribution in [0.1, 0.15) is 74.7 Å². The predicted molar refractivity (Wildman–Crippen MR) is 96.0 cm³/mol. The van der Waals surface area contributed by atoms with Gasteiger partial charge in [-0.25, -0.2) is 0 Å². The molecule has 0 radical (unpaired) electrons. The van der Waals surface area contributed by atoms with Gasteiger partial charge in [0.25, 0.3) is 0 Å². The van der Waals surface area contributed by atoms with E-state index in [4.69, 9.17) is 0 Å². The van der Waals surface area contributed by atoms with Crippen LogP contribution in [0.15, 0.2) is 0 Å². The van der Waals surface area contributed by atoms with Crippen molar-refractivity contribution >= 4 is 5.78 Å². The van der Waals surface area contributed by atoms with Crippen molar-refractivity contribution in [2.75, 3.05) is 19.6 Å². The van der Waals surface area contributed by atoms with Crippen LogP contribution in [0.4, 0.5) is 0 Å². The minimum absolute atomic E-state index is 0.0797. The summed E-state index contributed by atoms with van der Waals surface area (Å²) in [4.78, 5) is 15.5. The fourth-order valence-corrected chi connectivity index (χ4v) is 3.51. The molecule has 0 spiro atoms. The molecule has 1 saturated carbocycles. The number of carbonyl (C=O) groups is 1. The summed E-state index contributed by atoms with van der Waals surface area (Å²) in [6.07, 6.45) is 3.34. The highest BCUT2D eigenvalue weighted by Crippen LogP contribution is 2.48. The van der Waals surface area contributed by atoms with Crippen molar-refractivity contribution in [2.24, 2.45) is 28.6 Å². The summed E-state index contributed by atoms with van der Waals surface area (Å²) in [6, 6.07) is 0. The highest BCUT2D eigenvalue weighted by atomic mass is 16.1. The summed E-state index contributed by atoms with van der Waals surface area (Å²) in [5, 5.41) is 0. The molecule has 3 atom stereocenters. The fraction of sp³-hybridized carbons (Fsp3) is 0.950. The molecule has 0 heterocycles. The molecule has 22 heavy (non-hydrogen) atoms. The number of rotatable bonds is 8. The van der Waals surface area contributed by atoms with E-state index in [0.29, 0.717) is 17.6 Å². The van der Waals surface area contributed by atoms with Crippen LogP contribution in [0.5, 0.6) is 0 Å². The zero-order chi connectivity index (χ0) is 17.1.